The zero-order chi connectivity index (χ0) is 19.1. The lowest BCUT2D eigenvalue weighted by Crippen LogP contribution is -2.50. The lowest BCUT2D eigenvalue weighted by atomic mass is 10.0. The topological polar surface area (TPSA) is 114 Å². The molecular formula is C18H26N4O5. The summed E-state index contributed by atoms with van der Waals surface area (Å²) in [6.45, 7) is 8.36. The van der Waals surface area contributed by atoms with Crippen LogP contribution < -0.4 is 4.90 Å². The molecule has 1 aromatic rings. The first kappa shape index (κ1) is 20.6. The van der Waals surface area contributed by atoms with Crippen molar-refractivity contribution in [2.75, 3.05) is 38.1 Å². The Morgan fingerprint density at radius 2 is 1.78 bits per heavy atom. The van der Waals surface area contributed by atoms with E-state index in [9.17, 15) is 14.5 Å². The maximum Gasteiger partial charge on any atom is 0.410 e. The van der Waals surface area contributed by atoms with Crippen LogP contribution in [-0.2, 0) is 11.3 Å². The molecule has 0 aliphatic carbocycles. The summed E-state index contributed by atoms with van der Waals surface area (Å²) in [5, 5.41) is 3.00. The third kappa shape index (κ3) is 4.02. The maximum absolute atomic E-state index is 12.3. The summed E-state index contributed by atoms with van der Waals surface area (Å²) in [6, 6.07) is 3.43. The fourth-order valence-electron chi connectivity index (χ4n) is 3.35. The van der Waals surface area contributed by atoms with Crippen molar-refractivity contribution in [1.82, 2.24) is 9.80 Å². The van der Waals surface area contributed by atoms with Crippen molar-refractivity contribution in [3.63, 3.8) is 0 Å². The van der Waals surface area contributed by atoms with Gasteiger partial charge >= 0.3 is 6.09 Å². The van der Waals surface area contributed by atoms with Crippen LogP contribution in [0.15, 0.2) is 17.3 Å². The first-order chi connectivity index (χ1) is 12.2. The molecule has 0 spiro atoms. The predicted octanol–water partition coefficient (Wildman–Crippen LogP) is 1.90. The Bertz CT molecular complexity index is 751. The molecule has 0 bridgehead atoms. The number of hydrogen-bond donors (Lipinski definition) is 0. The Morgan fingerprint density at radius 3 is 2.33 bits per heavy atom. The highest BCUT2D eigenvalue weighted by Crippen LogP contribution is 2.37. The molecule has 0 atom stereocenters. The highest BCUT2D eigenvalue weighted by Gasteiger charge is 2.33. The van der Waals surface area contributed by atoms with Gasteiger partial charge in [-0.3, -0.25) is 4.79 Å². The average Bonchev–Trinajstić information content (AvgIpc) is 2.88. The number of benzene rings is 1. The first-order valence-corrected chi connectivity index (χ1v) is 8.69. The summed E-state index contributed by atoms with van der Waals surface area (Å²) in [5.41, 5.74) is 1.83. The number of carbonyl (C=O) groups excluding carboxylic acids is 2. The predicted molar refractivity (Wildman–Crippen MR) is 101 cm³/mol. The number of fused-ring (bicyclic) bond motifs is 1. The van der Waals surface area contributed by atoms with Crippen molar-refractivity contribution in [2.45, 2.75) is 32.9 Å². The van der Waals surface area contributed by atoms with E-state index in [2.05, 4.69) is 10.1 Å². The third-order valence-corrected chi connectivity index (χ3v) is 4.59. The van der Waals surface area contributed by atoms with Crippen LogP contribution in [0.5, 0.6) is 0 Å². The van der Waals surface area contributed by atoms with Crippen molar-refractivity contribution in [2.24, 2.45) is 5.18 Å². The third-order valence-electron chi connectivity index (χ3n) is 4.59. The standard InChI is InChI=1S/C18H24N4O4.H2O/c1-18(2,3)26-17(24)22-9-7-21(8-10-22)14-6-5-13(19-25)15-12(14)11-20(4)16(15)23;/h5-6H,7-11H2,1-4H3;1H2. The number of nitroso groups, excluding NO2 is 1. The molecule has 0 aromatic heterocycles. The SMILES string of the molecule is CN1Cc2c(N3CCN(C(=O)OC(C)(C)C)CC3)ccc(N=O)c2C1=O.O. The Kier molecular flexibility index (Phi) is 5.74. The molecule has 0 radical (unpaired) electrons. The molecule has 0 saturated carbocycles. The van der Waals surface area contributed by atoms with Gasteiger partial charge in [0.15, 0.2) is 0 Å². The van der Waals surface area contributed by atoms with Crippen molar-refractivity contribution in [3.05, 3.63) is 28.2 Å². The molecule has 0 unspecified atom stereocenters. The van der Waals surface area contributed by atoms with Crippen LogP contribution in [0, 0.1) is 4.91 Å². The molecule has 3 rings (SSSR count). The molecule has 2 amide bonds. The second-order valence-corrected chi connectivity index (χ2v) is 7.66. The number of hydrogen-bond acceptors (Lipinski definition) is 6. The molecule has 148 valence electrons. The van der Waals surface area contributed by atoms with Crippen molar-refractivity contribution < 1.29 is 19.8 Å². The second-order valence-electron chi connectivity index (χ2n) is 7.66. The van der Waals surface area contributed by atoms with Crippen LogP contribution in [0.4, 0.5) is 16.2 Å². The fraction of sp³-hybridized carbons (Fsp3) is 0.556. The normalized spacial score (nSPS) is 16.7. The van der Waals surface area contributed by atoms with E-state index in [4.69, 9.17) is 4.74 Å². The first-order valence-electron chi connectivity index (χ1n) is 8.69. The van der Waals surface area contributed by atoms with E-state index >= 15 is 0 Å². The molecule has 2 aliphatic rings. The minimum atomic E-state index is -0.516. The summed E-state index contributed by atoms with van der Waals surface area (Å²) in [7, 11) is 1.71. The van der Waals surface area contributed by atoms with Gasteiger partial charge < -0.3 is 24.9 Å². The van der Waals surface area contributed by atoms with Crippen LogP contribution in [0.1, 0.15) is 36.7 Å². The van der Waals surface area contributed by atoms with Gasteiger partial charge in [0.2, 0.25) is 0 Å². The van der Waals surface area contributed by atoms with Gasteiger partial charge in [0.25, 0.3) is 5.91 Å². The summed E-state index contributed by atoms with van der Waals surface area (Å²) in [5.74, 6) is -0.177. The zero-order valence-corrected chi connectivity index (χ0v) is 16.1. The molecule has 2 heterocycles. The molecule has 27 heavy (non-hydrogen) atoms. The number of anilines is 1. The Labute approximate surface area is 158 Å². The van der Waals surface area contributed by atoms with Gasteiger partial charge in [-0.15, -0.1) is 4.91 Å². The van der Waals surface area contributed by atoms with Gasteiger partial charge in [-0.2, -0.15) is 0 Å². The minimum absolute atomic E-state index is 0. The van der Waals surface area contributed by atoms with E-state index in [0.29, 0.717) is 38.3 Å². The van der Waals surface area contributed by atoms with Crippen molar-refractivity contribution >= 4 is 23.4 Å². The Balaban J connectivity index is 0.00000261. The van der Waals surface area contributed by atoms with Crippen LogP contribution >= 0.6 is 0 Å². The van der Waals surface area contributed by atoms with Gasteiger partial charge in [-0.1, -0.05) is 0 Å². The monoisotopic (exact) mass is 378 g/mol. The zero-order valence-electron chi connectivity index (χ0n) is 16.1. The number of piperazine rings is 1. The molecule has 2 aliphatic heterocycles. The smallest absolute Gasteiger partial charge is 0.410 e. The highest BCUT2D eigenvalue weighted by molar-refractivity contribution is 6.04. The van der Waals surface area contributed by atoms with E-state index < -0.39 is 5.60 Å². The molecule has 9 heteroatoms. The van der Waals surface area contributed by atoms with E-state index in [1.165, 1.54) is 0 Å². The number of nitrogens with zero attached hydrogens (tertiary/aromatic N) is 4. The van der Waals surface area contributed by atoms with Crippen LogP contribution in [-0.4, -0.2) is 66.1 Å². The van der Waals surface area contributed by atoms with Gasteiger partial charge in [0.05, 0.1) is 5.56 Å². The molecule has 2 N–H and O–H groups in total. The highest BCUT2D eigenvalue weighted by atomic mass is 16.6. The second kappa shape index (κ2) is 7.51. The number of amides is 2. The van der Waals surface area contributed by atoms with Gasteiger partial charge in [0, 0.05) is 51.0 Å². The van der Waals surface area contributed by atoms with E-state index in [1.807, 2.05) is 26.8 Å². The average molecular weight is 378 g/mol. The molecular weight excluding hydrogens is 352 g/mol. The Hall–Kier alpha value is -2.68. The van der Waals surface area contributed by atoms with Crippen LogP contribution in [0.25, 0.3) is 0 Å². The maximum atomic E-state index is 12.3. The molecule has 9 nitrogen and oxygen atoms in total. The van der Waals surface area contributed by atoms with Gasteiger partial charge in [-0.25, -0.2) is 4.79 Å². The summed E-state index contributed by atoms with van der Waals surface area (Å²) in [4.78, 5) is 41.0. The molecule has 1 aromatic carbocycles. The largest absolute Gasteiger partial charge is 0.444 e. The minimum Gasteiger partial charge on any atom is -0.444 e. The van der Waals surface area contributed by atoms with Gasteiger partial charge in [0.1, 0.15) is 11.3 Å². The number of ether oxygens (including phenoxy) is 1. The van der Waals surface area contributed by atoms with Crippen molar-refractivity contribution in [1.29, 1.82) is 0 Å². The summed E-state index contributed by atoms with van der Waals surface area (Å²) < 4.78 is 5.42. The van der Waals surface area contributed by atoms with E-state index in [-0.39, 0.29) is 23.2 Å². The molecule has 1 fully saturated rings. The van der Waals surface area contributed by atoms with Crippen molar-refractivity contribution in [3.8, 4) is 0 Å². The molecule has 1 saturated heterocycles. The fourth-order valence-corrected chi connectivity index (χ4v) is 3.35. The van der Waals surface area contributed by atoms with Gasteiger partial charge in [-0.05, 0) is 38.1 Å². The van der Waals surface area contributed by atoms with Crippen LogP contribution in [0.3, 0.4) is 0 Å². The van der Waals surface area contributed by atoms with Crippen LogP contribution in [0.2, 0.25) is 0 Å². The van der Waals surface area contributed by atoms with E-state index in [1.54, 1.807) is 22.9 Å². The summed E-state index contributed by atoms with van der Waals surface area (Å²) in [6.07, 6.45) is -0.308. The quantitative estimate of drug-likeness (QED) is 0.729. The lowest BCUT2D eigenvalue weighted by Gasteiger charge is -2.37. The summed E-state index contributed by atoms with van der Waals surface area (Å²) >= 11 is 0. The lowest BCUT2D eigenvalue weighted by molar-refractivity contribution is 0.0240. The number of carbonyl (C=O) groups is 2. The van der Waals surface area contributed by atoms with E-state index in [0.717, 1.165) is 11.3 Å². The number of rotatable bonds is 2. The Morgan fingerprint density at radius 1 is 1.15 bits per heavy atom.